The molecule has 0 saturated carbocycles. The maximum absolute atomic E-state index is 13.0. The molecule has 196 valence electrons. The molecule has 6 nitrogen and oxygen atoms in total. The Bertz CT molecular complexity index is 1090. The number of aliphatic hydroxyl groups is 1. The van der Waals surface area contributed by atoms with Gasteiger partial charge in [-0.25, -0.2) is 0 Å². The molecule has 12 heteroatoms. The Labute approximate surface area is 203 Å². The van der Waals surface area contributed by atoms with Gasteiger partial charge in [-0.3, -0.25) is 4.99 Å². The molecule has 0 amide bonds. The lowest BCUT2D eigenvalue weighted by atomic mass is 9.92. The molecule has 2 aromatic rings. The number of rotatable bonds is 8. The molecule has 1 N–H and O–H groups in total. The lowest BCUT2D eigenvalue weighted by Gasteiger charge is -2.32. The van der Waals surface area contributed by atoms with Gasteiger partial charge >= 0.3 is 12.4 Å². The predicted molar refractivity (Wildman–Crippen MR) is 117 cm³/mol. The third kappa shape index (κ3) is 4.91. The van der Waals surface area contributed by atoms with Gasteiger partial charge in [-0.15, -0.1) is 0 Å². The molecular formula is C24H24F6N2O4. The van der Waals surface area contributed by atoms with Crippen LogP contribution in [0.5, 0.6) is 17.2 Å². The summed E-state index contributed by atoms with van der Waals surface area (Å²) in [6.45, 7) is 3.78. The number of ether oxygens (including phenoxy) is 3. The van der Waals surface area contributed by atoms with Crippen molar-refractivity contribution in [1.82, 2.24) is 4.90 Å². The normalized spacial score (nSPS) is 19.7. The van der Waals surface area contributed by atoms with Crippen molar-refractivity contribution in [2.24, 2.45) is 4.99 Å². The second-order valence-corrected chi connectivity index (χ2v) is 8.84. The van der Waals surface area contributed by atoms with E-state index >= 15 is 0 Å². The summed E-state index contributed by atoms with van der Waals surface area (Å²) in [5, 5.41) is 9.43. The van der Waals surface area contributed by atoms with Crippen LogP contribution in [0, 0.1) is 0 Å². The molecular weight excluding hydrogens is 494 g/mol. The summed E-state index contributed by atoms with van der Waals surface area (Å²) < 4.78 is 94.1. The molecule has 0 fully saturated rings. The SMILES string of the molecule is CC1(c2ccc3c(c2)OCO3)CN(CCCCOc2ccc(C(O)(C(F)(F)F)C(F)(F)F)cc2)C=N1. The number of fused-ring (bicyclic) bond motifs is 1. The molecule has 0 spiro atoms. The highest BCUT2D eigenvalue weighted by molar-refractivity contribution is 5.60. The van der Waals surface area contributed by atoms with Gasteiger partial charge in [0.05, 0.1) is 12.9 Å². The average molecular weight is 518 g/mol. The predicted octanol–water partition coefficient (Wildman–Crippen LogP) is 5.15. The van der Waals surface area contributed by atoms with E-state index in [1.54, 1.807) is 6.34 Å². The second kappa shape index (κ2) is 9.38. The summed E-state index contributed by atoms with van der Waals surface area (Å²) in [7, 11) is 0. The maximum Gasteiger partial charge on any atom is 0.430 e. The summed E-state index contributed by atoms with van der Waals surface area (Å²) in [6, 6.07) is 8.81. The van der Waals surface area contributed by atoms with Gasteiger partial charge in [0, 0.05) is 18.7 Å². The molecule has 2 aliphatic rings. The zero-order valence-electron chi connectivity index (χ0n) is 19.2. The highest BCUT2D eigenvalue weighted by Gasteiger charge is 2.71. The van der Waals surface area contributed by atoms with Gasteiger partial charge in [0.15, 0.2) is 11.5 Å². The Morgan fingerprint density at radius 1 is 0.972 bits per heavy atom. The first-order valence-corrected chi connectivity index (χ1v) is 11.1. The second-order valence-electron chi connectivity index (χ2n) is 8.84. The van der Waals surface area contributed by atoms with Crippen LogP contribution in [0.4, 0.5) is 26.3 Å². The molecule has 1 atom stereocenters. The fourth-order valence-electron chi connectivity index (χ4n) is 4.11. The minimum absolute atomic E-state index is 0.101. The first-order chi connectivity index (χ1) is 16.8. The van der Waals surface area contributed by atoms with Crippen LogP contribution in [0.1, 0.15) is 30.9 Å². The molecule has 2 heterocycles. The lowest BCUT2D eigenvalue weighted by molar-refractivity contribution is -0.376. The Morgan fingerprint density at radius 2 is 1.64 bits per heavy atom. The number of halogens is 6. The van der Waals surface area contributed by atoms with Crippen molar-refractivity contribution < 1.29 is 45.7 Å². The van der Waals surface area contributed by atoms with Crippen LogP contribution in [0.3, 0.4) is 0 Å². The van der Waals surface area contributed by atoms with E-state index in [2.05, 4.69) is 9.89 Å². The van der Waals surface area contributed by atoms with Gasteiger partial charge in [-0.05, 0) is 49.6 Å². The molecule has 2 aromatic carbocycles. The van der Waals surface area contributed by atoms with E-state index in [-0.39, 0.29) is 19.1 Å². The third-order valence-electron chi connectivity index (χ3n) is 6.21. The fraction of sp³-hybridized carbons (Fsp3) is 0.458. The largest absolute Gasteiger partial charge is 0.494 e. The Balaban J connectivity index is 1.24. The molecule has 36 heavy (non-hydrogen) atoms. The first kappa shape index (κ1) is 25.9. The van der Waals surface area contributed by atoms with Crippen molar-refractivity contribution in [3.63, 3.8) is 0 Å². The van der Waals surface area contributed by atoms with Gasteiger partial charge < -0.3 is 24.2 Å². The van der Waals surface area contributed by atoms with Crippen LogP contribution < -0.4 is 14.2 Å². The highest BCUT2D eigenvalue weighted by atomic mass is 19.4. The number of nitrogens with zero attached hydrogens (tertiary/aromatic N) is 2. The van der Waals surface area contributed by atoms with Crippen molar-refractivity contribution in [2.75, 3.05) is 26.5 Å². The summed E-state index contributed by atoms with van der Waals surface area (Å²) in [5.74, 6) is 1.49. The van der Waals surface area contributed by atoms with Gasteiger partial charge in [0.25, 0.3) is 5.60 Å². The van der Waals surface area contributed by atoms with Crippen molar-refractivity contribution in [3.8, 4) is 17.2 Å². The van der Waals surface area contributed by atoms with E-state index in [1.807, 2.05) is 25.1 Å². The highest BCUT2D eigenvalue weighted by Crippen LogP contribution is 2.50. The zero-order chi connectivity index (χ0) is 26.2. The van der Waals surface area contributed by atoms with Crippen LogP contribution in [0.15, 0.2) is 47.5 Å². The number of unbranched alkanes of at least 4 members (excludes halogenated alkanes) is 1. The van der Waals surface area contributed by atoms with Crippen molar-refractivity contribution in [1.29, 1.82) is 0 Å². The quantitative estimate of drug-likeness (QED) is 0.387. The van der Waals surface area contributed by atoms with E-state index in [1.165, 1.54) is 0 Å². The smallest absolute Gasteiger partial charge is 0.430 e. The van der Waals surface area contributed by atoms with E-state index in [4.69, 9.17) is 14.2 Å². The maximum atomic E-state index is 13.0. The zero-order valence-corrected chi connectivity index (χ0v) is 19.2. The van der Waals surface area contributed by atoms with Crippen LogP contribution in [-0.4, -0.2) is 55.2 Å². The van der Waals surface area contributed by atoms with Gasteiger partial charge in [-0.1, -0.05) is 18.2 Å². The van der Waals surface area contributed by atoms with Gasteiger partial charge in [0.1, 0.15) is 11.3 Å². The first-order valence-electron chi connectivity index (χ1n) is 11.1. The summed E-state index contributed by atoms with van der Waals surface area (Å²) in [5.41, 5.74) is -5.72. The van der Waals surface area contributed by atoms with Crippen LogP contribution in [0.2, 0.25) is 0 Å². The third-order valence-corrected chi connectivity index (χ3v) is 6.21. The fourth-order valence-corrected chi connectivity index (χ4v) is 4.11. The minimum atomic E-state index is -5.93. The number of hydrogen-bond acceptors (Lipinski definition) is 6. The molecule has 0 saturated heterocycles. The molecule has 2 aliphatic heterocycles. The van der Waals surface area contributed by atoms with Crippen molar-refractivity contribution in [2.45, 2.75) is 43.3 Å². The minimum Gasteiger partial charge on any atom is -0.494 e. The molecule has 0 radical (unpaired) electrons. The van der Waals surface area contributed by atoms with Crippen molar-refractivity contribution in [3.05, 3.63) is 53.6 Å². The van der Waals surface area contributed by atoms with Gasteiger partial charge in [0.2, 0.25) is 6.79 Å². The van der Waals surface area contributed by atoms with E-state index < -0.39 is 29.1 Å². The average Bonchev–Trinajstić information content (AvgIpc) is 3.44. The topological polar surface area (TPSA) is 63.5 Å². The number of hydrogen-bond donors (Lipinski definition) is 1. The Hall–Kier alpha value is -3.15. The summed E-state index contributed by atoms with van der Waals surface area (Å²) in [6.07, 6.45) is -8.74. The van der Waals surface area contributed by atoms with Crippen LogP contribution in [0.25, 0.3) is 0 Å². The van der Waals surface area contributed by atoms with Crippen LogP contribution in [-0.2, 0) is 11.1 Å². The molecule has 0 bridgehead atoms. The summed E-state index contributed by atoms with van der Waals surface area (Å²) in [4.78, 5) is 6.71. The molecule has 0 aromatic heterocycles. The number of aliphatic imine (C=N–C) groups is 1. The lowest BCUT2D eigenvalue weighted by Crippen LogP contribution is -2.53. The van der Waals surface area contributed by atoms with Gasteiger partial charge in [-0.2, -0.15) is 26.3 Å². The molecule has 0 aliphatic carbocycles. The van der Waals surface area contributed by atoms with E-state index in [9.17, 15) is 31.4 Å². The Kier molecular flexibility index (Phi) is 6.76. The molecule has 1 unspecified atom stereocenters. The summed E-state index contributed by atoms with van der Waals surface area (Å²) >= 11 is 0. The van der Waals surface area contributed by atoms with E-state index in [0.717, 1.165) is 24.1 Å². The monoisotopic (exact) mass is 518 g/mol. The Morgan fingerprint density at radius 3 is 2.31 bits per heavy atom. The molecule has 4 rings (SSSR count). The van der Waals surface area contributed by atoms with Crippen LogP contribution >= 0.6 is 0 Å². The standard InChI is InChI=1S/C24H24F6N2O4/c1-21(17-6-9-19-20(12-17)36-15-35-19)13-32(14-31-21)10-2-3-11-34-18-7-4-16(5-8-18)22(33,23(25,26)27)24(28,29)30/h4-9,12,14,33H,2-3,10-11,13,15H2,1H3. The van der Waals surface area contributed by atoms with E-state index in [0.29, 0.717) is 43.1 Å². The van der Waals surface area contributed by atoms with Crippen molar-refractivity contribution >= 4 is 6.34 Å². The number of alkyl halides is 6. The number of benzene rings is 2.